The van der Waals surface area contributed by atoms with Crippen molar-refractivity contribution in [2.45, 2.75) is 38.5 Å². The zero-order chi connectivity index (χ0) is 13.7. The van der Waals surface area contributed by atoms with Crippen molar-refractivity contribution in [3.63, 3.8) is 0 Å². The van der Waals surface area contributed by atoms with Gasteiger partial charge in [0.25, 0.3) is 5.91 Å². The van der Waals surface area contributed by atoms with Crippen LogP contribution in [-0.4, -0.2) is 12.5 Å². The summed E-state index contributed by atoms with van der Waals surface area (Å²) in [7, 11) is 0. The minimum Gasteiger partial charge on any atom is -0.352 e. The van der Waals surface area contributed by atoms with Gasteiger partial charge in [0.05, 0.1) is 5.02 Å². The van der Waals surface area contributed by atoms with Crippen molar-refractivity contribution in [2.24, 2.45) is 5.92 Å². The van der Waals surface area contributed by atoms with E-state index in [0.29, 0.717) is 10.6 Å². The van der Waals surface area contributed by atoms with Crippen LogP contribution in [0.3, 0.4) is 0 Å². The van der Waals surface area contributed by atoms with E-state index in [1.807, 2.05) is 12.1 Å². The monoisotopic (exact) mass is 391 g/mol. The Labute approximate surface area is 133 Å². The third-order valence-electron chi connectivity index (χ3n) is 3.73. The highest BCUT2D eigenvalue weighted by molar-refractivity contribution is 14.1. The second-order valence-corrected chi connectivity index (χ2v) is 6.75. The van der Waals surface area contributed by atoms with Crippen molar-refractivity contribution in [3.8, 4) is 0 Å². The molecular weight excluding hydrogens is 373 g/mol. The lowest BCUT2D eigenvalue weighted by atomic mass is 10.0. The van der Waals surface area contributed by atoms with Gasteiger partial charge in [-0.2, -0.15) is 0 Å². The molecule has 0 heterocycles. The van der Waals surface area contributed by atoms with Crippen LogP contribution in [0.2, 0.25) is 5.02 Å². The maximum atomic E-state index is 11.9. The minimum absolute atomic E-state index is 0.0234. The SMILES string of the molecule is O=C(NCCCC1CCCC1)c1ccc(I)c(Cl)c1. The van der Waals surface area contributed by atoms with E-state index in [1.165, 1.54) is 32.1 Å². The lowest BCUT2D eigenvalue weighted by Crippen LogP contribution is -2.24. The van der Waals surface area contributed by atoms with E-state index in [1.54, 1.807) is 6.07 Å². The number of nitrogens with one attached hydrogen (secondary N) is 1. The zero-order valence-electron chi connectivity index (χ0n) is 10.9. The number of amides is 1. The maximum Gasteiger partial charge on any atom is 0.251 e. The fraction of sp³-hybridized carbons (Fsp3) is 0.533. The number of benzene rings is 1. The molecule has 0 unspecified atom stereocenters. The highest BCUT2D eigenvalue weighted by Gasteiger charge is 2.14. The van der Waals surface area contributed by atoms with Crippen LogP contribution < -0.4 is 5.32 Å². The zero-order valence-corrected chi connectivity index (χ0v) is 13.8. The molecule has 1 N–H and O–H groups in total. The first-order chi connectivity index (χ1) is 9.16. The predicted octanol–water partition coefficient (Wildman–Crippen LogP) is 4.64. The fourth-order valence-corrected chi connectivity index (χ4v) is 3.15. The summed E-state index contributed by atoms with van der Waals surface area (Å²) in [4.78, 5) is 11.9. The Hall–Kier alpha value is -0.290. The van der Waals surface area contributed by atoms with Crippen LogP contribution >= 0.6 is 34.2 Å². The van der Waals surface area contributed by atoms with Gasteiger partial charge in [-0.15, -0.1) is 0 Å². The Balaban J connectivity index is 1.72. The van der Waals surface area contributed by atoms with Crippen molar-refractivity contribution in [1.82, 2.24) is 5.32 Å². The topological polar surface area (TPSA) is 29.1 Å². The molecule has 104 valence electrons. The van der Waals surface area contributed by atoms with Crippen LogP contribution in [0.5, 0.6) is 0 Å². The third-order valence-corrected chi connectivity index (χ3v) is 5.30. The Morgan fingerprint density at radius 3 is 2.79 bits per heavy atom. The Morgan fingerprint density at radius 1 is 1.37 bits per heavy atom. The van der Waals surface area contributed by atoms with Crippen LogP contribution in [0.25, 0.3) is 0 Å². The first-order valence-corrected chi connectivity index (χ1v) is 8.36. The molecule has 0 spiro atoms. The summed E-state index contributed by atoms with van der Waals surface area (Å²) in [6.45, 7) is 0.763. The lowest BCUT2D eigenvalue weighted by Gasteiger charge is -2.09. The van der Waals surface area contributed by atoms with Gasteiger partial charge in [-0.05, 0) is 59.5 Å². The summed E-state index contributed by atoms with van der Waals surface area (Å²) in [6.07, 6.45) is 7.85. The summed E-state index contributed by atoms with van der Waals surface area (Å²) >= 11 is 8.17. The Bertz CT molecular complexity index is 444. The van der Waals surface area contributed by atoms with Gasteiger partial charge in [-0.1, -0.05) is 37.3 Å². The summed E-state index contributed by atoms with van der Waals surface area (Å²) < 4.78 is 0.969. The standard InChI is InChI=1S/C15H19ClINO/c16-13-10-12(7-8-14(13)17)15(19)18-9-3-6-11-4-1-2-5-11/h7-8,10-11H,1-6,9H2,(H,18,19). The van der Waals surface area contributed by atoms with Gasteiger partial charge in [-0.3, -0.25) is 4.79 Å². The predicted molar refractivity (Wildman–Crippen MR) is 87.7 cm³/mol. The van der Waals surface area contributed by atoms with Gasteiger partial charge < -0.3 is 5.32 Å². The Morgan fingerprint density at radius 2 is 2.11 bits per heavy atom. The molecular formula is C15H19ClINO. The van der Waals surface area contributed by atoms with Gasteiger partial charge in [0.2, 0.25) is 0 Å². The normalized spacial score (nSPS) is 15.7. The number of carbonyl (C=O) groups excluding carboxylic acids is 1. The second kappa shape index (κ2) is 7.48. The quantitative estimate of drug-likeness (QED) is 0.575. The molecule has 1 amide bonds. The average molecular weight is 392 g/mol. The second-order valence-electron chi connectivity index (χ2n) is 5.18. The van der Waals surface area contributed by atoms with Gasteiger partial charge in [0, 0.05) is 15.7 Å². The molecule has 2 rings (SSSR count). The van der Waals surface area contributed by atoms with E-state index in [4.69, 9.17) is 11.6 Å². The number of carbonyl (C=O) groups is 1. The molecule has 1 saturated carbocycles. The molecule has 0 radical (unpaired) electrons. The van der Waals surface area contributed by atoms with E-state index in [-0.39, 0.29) is 5.91 Å². The van der Waals surface area contributed by atoms with Gasteiger partial charge in [0.15, 0.2) is 0 Å². The molecule has 1 aliphatic rings. The van der Waals surface area contributed by atoms with E-state index in [0.717, 1.165) is 22.5 Å². The van der Waals surface area contributed by atoms with Crippen molar-refractivity contribution >= 4 is 40.1 Å². The van der Waals surface area contributed by atoms with Crippen LogP contribution in [0, 0.1) is 9.49 Å². The first kappa shape index (κ1) is 15.1. The molecule has 1 aromatic carbocycles. The molecule has 1 fully saturated rings. The molecule has 0 saturated heterocycles. The minimum atomic E-state index is -0.0234. The molecule has 19 heavy (non-hydrogen) atoms. The molecule has 1 aromatic rings. The number of halogens is 2. The number of hydrogen-bond donors (Lipinski definition) is 1. The molecule has 0 bridgehead atoms. The third kappa shape index (κ3) is 4.63. The molecule has 0 atom stereocenters. The summed E-state index contributed by atoms with van der Waals surface area (Å²) in [6, 6.07) is 5.42. The number of rotatable bonds is 5. The molecule has 0 aromatic heterocycles. The highest BCUT2D eigenvalue weighted by Crippen LogP contribution is 2.28. The van der Waals surface area contributed by atoms with Gasteiger partial charge >= 0.3 is 0 Å². The van der Waals surface area contributed by atoms with Crippen LogP contribution in [-0.2, 0) is 0 Å². The molecule has 1 aliphatic carbocycles. The summed E-state index contributed by atoms with van der Waals surface area (Å²) in [5.41, 5.74) is 0.645. The Kier molecular flexibility index (Phi) is 5.95. The van der Waals surface area contributed by atoms with Crippen LogP contribution in [0.4, 0.5) is 0 Å². The van der Waals surface area contributed by atoms with Crippen molar-refractivity contribution in [3.05, 3.63) is 32.4 Å². The van der Waals surface area contributed by atoms with Crippen molar-refractivity contribution in [2.75, 3.05) is 6.54 Å². The van der Waals surface area contributed by atoms with E-state index in [2.05, 4.69) is 27.9 Å². The summed E-state index contributed by atoms with van der Waals surface area (Å²) in [5, 5.41) is 3.61. The lowest BCUT2D eigenvalue weighted by molar-refractivity contribution is 0.0952. The highest BCUT2D eigenvalue weighted by atomic mass is 127. The fourth-order valence-electron chi connectivity index (χ4n) is 2.63. The molecule has 2 nitrogen and oxygen atoms in total. The van der Waals surface area contributed by atoms with Crippen molar-refractivity contribution in [1.29, 1.82) is 0 Å². The summed E-state index contributed by atoms with van der Waals surface area (Å²) in [5.74, 6) is 0.870. The van der Waals surface area contributed by atoms with Crippen molar-refractivity contribution < 1.29 is 4.79 Å². The maximum absolute atomic E-state index is 11.9. The molecule has 0 aliphatic heterocycles. The number of hydrogen-bond acceptors (Lipinski definition) is 1. The molecule has 4 heteroatoms. The largest absolute Gasteiger partial charge is 0.352 e. The average Bonchev–Trinajstić information content (AvgIpc) is 2.91. The van der Waals surface area contributed by atoms with E-state index < -0.39 is 0 Å². The van der Waals surface area contributed by atoms with Gasteiger partial charge in [0.1, 0.15) is 0 Å². The van der Waals surface area contributed by atoms with Crippen LogP contribution in [0.1, 0.15) is 48.9 Å². The van der Waals surface area contributed by atoms with Crippen LogP contribution in [0.15, 0.2) is 18.2 Å². The van der Waals surface area contributed by atoms with Gasteiger partial charge in [-0.25, -0.2) is 0 Å². The first-order valence-electron chi connectivity index (χ1n) is 6.90. The smallest absolute Gasteiger partial charge is 0.251 e. The van der Waals surface area contributed by atoms with E-state index in [9.17, 15) is 4.79 Å². The van der Waals surface area contributed by atoms with E-state index >= 15 is 0 Å².